The Morgan fingerprint density at radius 1 is 1.31 bits per heavy atom. The van der Waals surface area contributed by atoms with Gasteiger partial charge in [-0.25, -0.2) is 15.0 Å². The second-order valence-electron chi connectivity index (χ2n) is 6.67. The highest BCUT2D eigenvalue weighted by Crippen LogP contribution is 2.39. The zero-order valence-electron chi connectivity index (χ0n) is 15.4. The summed E-state index contributed by atoms with van der Waals surface area (Å²) in [5, 5.41) is 23.8. The monoisotopic (exact) mass is 421 g/mol. The number of nitrogen functional groups attached to an aromatic ring is 1. The highest BCUT2D eigenvalue weighted by atomic mass is 31.2. The van der Waals surface area contributed by atoms with Gasteiger partial charge in [0.15, 0.2) is 30.1 Å². The van der Waals surface area contributed by atoms with Gasteiger partial charge in [0.25, 0.3) is 7.52 Å². The van der Waals surface area contributed by atoms with Crippen LogP contribution >= 0.6 is 7.52 Å². The standard InChI is InChI=1S/C16H20N7O5P/c1-18-9-2-4-22(5-3-9)29(26,27)6-10-12(24)13(25)16(28-10)23-8-21-11-14(17)19-7-20-15(11)23/h2-5,7-8,10,12-13,16,24-25H,6H2,1H3,(H3,17,19,20,26,27)/t10-,12-,13-,16-/m1/s1. The van der Waals surface area contributed by atoms with Gasteiger partial charge in [-0.05, 0) is 0 Å². The molecule has 0 aromatic carbocycles. The number of pyridine rings is 1. The number of aromatic nitrogens is 5. The molecular weight excluding hydrogens is 401 g/mol. The maximum absolute atomic E-state index is 12.7. The average molecular weight is 421 g/mol. The summed E-state index contributed by atoms with van der Waals surface area (Å²) in [5.74, 6) is 0.156. The number of anilines is 2. The summed E-state index contributed by atoms with van der Waals surface area (Å²) in [6.45, 7) is 0. The Balaban J connectivity index is 1.58. The lowest BCUT2D eigenvalue weighted by atomic mass is 10.1. The van der Waals surface area contributed by atoms with E-state index in [9.17, 15) is 19.7 Å². The predicted molar refractivity (Wildman–Crippen MR) is 99.7 cm³/mol. The van der Waals surface area contributed by atoms with Crippen molar-refractivity contribution in [3.63, 3.8) is 0 Å². The van der Waals surface area contributed by atoms with Gasteiger partial charge in [0.2, 0.25) is 0 Å². The lowest BCUT2D eigenvalue weighted by Gasteiger charge is -2.22. The number of rotatable bonds is 5. The number of nitrogens with zero attached hydrogens (tertiary/aromatic N) is 5. The van der Waals surface area contributed by atoms with E-state index in [1.165, 1.54) is 29.6 Å². The summed E-state index contributed by atoms with van der Waals surface area (Å²) < 4.78 is 20.9. The first-order valence-electron chi connectivity index (χ1n) is 8.76. The Hall–Kier alpha value is -2.63. The van der Waals surface area contributed by atoms with Crippen LogP contribution in [-0.2, 0) is 9.30 Å². The Kier molecular flexibility index (Phi) is 4.97. The predicted octanol–water partition coefficient (Wildman–Crippen LogP) is -1.54. The molecule has 4 rings (SSSR count). The van der Waals surface area contributed by atoms with Crippen LogP contribution in [0.4, 0.5) is 11.5 Å². The van der Waals surface area contributed by atoms with Crippen LogP contribution < -0.4 is 20.3 Å². The molecule has 0 amide bonds. The minimum absolute atomic E-state index is 0.156. The summed E-state index contributed by atoms with van der Waals surface area (Å²) in [5.41, 5.74) is 7.13. The molecule has 1 aliphatic rings. The van der Waals surface area contributed by atoms with Crippen molar-refractivity contribution < 1.29 is 28.7 Å². The van der Waals surface area contributed by atoms with Crippen LogP contribution in [0.2, 0.25) is 0 Å². The van der Waals surface area contributed by atoms with Crippen LogP contribution in [0.25, 0.3) is 11.2 Å². The van der Waals surface area contributed by atoms with Crippen molar-refractivity contribution in [2.75, 3.05) is 24.3 Å². The molecule has 0 radical (unpaired) electrons. The maximum Gasteiger partial charge on any atom is 0.268 e. The van der Waals surface area contributed by atoms with Crippen molar-refractivity contribution in [3.05, 3.63) is 37.2 Å². The van der Waals surface area contributed by atoms with Crippen molar-refractivity contribution >= 4 is 30.2 Å². The topological polar surface area (TPSA) is 175 Å². The molecule has 154 valence electrons. The Morgan fingerprint density at radius 2 is 2.03 bits per heavy atom. The summed E-state index contributed by atoms with van der Waals surface area (Å²) >= 11 is 0. The number of nitrogens with two attached hydrogens (primary N) is 1. The molecule has 5 N–H and O–H groups in total. The lowest BCUT2D eigenvalue weighted by Crippen LogP contribution is -2.42. The van der Waals surface area contributed by atoms with Gasteiger partial charge in [-0.3, -0.25) is 9.13 Å². The first kappa shape index (κ1) is 19.7. The zero-order valence-corrected chi connectivity index (χ0v) is 16.3. The molecule has 4 heterocycles. The van der Waals surface area contributed by atoms with Gasteiger partial charge in [-0.1, -0.05) is 0 Å². The number of aliphatic hydroxyl groups excluding tert-OH is 2. The third-order valence-corrected chi connectivity index (χ3v) is 6.66. The van der Waals surface area contributed by atoms with Crippen molar-refractivity contribution in [2.24, 2.45) is 0 Å². The molecule has 0 spiro atoms. The molecule has 5 atom stereocenters. The van der Waals surface area contributed by atoms with Crippen LogP contribution in [0.1, 0.15) is 6.23 Å². The van der Waals surface area contributed by atoms with E-state index in [1.54, 1.807) is 19.2 Å². The van der Waals surface area contributed by atoms with E-state index in [-0.39, 0.29) is 5.82 Å². The van der Waals surface area contributed by atoms with Gasteiger partial charge in [-0.2, -0.15) is 4.34 Å². The molecule has 1 aliphatic heterocycles. The van der Waals surface area contributed by atoms with E-state index in [0.29, 0.717) is 11.2 Å². The van der Waals surface area contributed by atoms with E-state index in [2.05, 4.69) is 20.3 Å². The second kappa shape index (κ2) is 7.32. The van der Waals surface area contributed by atoms with Crippen LogP contribution in [0.15, 0.2) is 37.2 Å². The SMILES string of the molecule is CNc1cc[n+](P(=O)([O-])C[C@H]2O[C@@H](n3cnc4c(N)ncnc43)[C@H](O)[C@@H]2O)cc1. The number of hydrogen-bond acceptors (Lipinski definition) is 10. The van der Waals surface area contributed by atoms with E-state index in [4.69, 9.17) is 10.5 Å². The lowest BCUT2D eigenvalue weighted by molar-refractivity contribution is -0.559. The largest absolute Gasteiger partial charge is 0.746 e. The number of aliphatic hydroxyl groups is 2. The van der Waals surface area contributed by atoms with Gasteiger partial charge in [0, 0.05) is 24.9 Å². The second-order valence-corrected chi connectivity index (χ2v) is 8.77. The number of hydrogen-bond donors (Lipinski definition) is 4. The van der Waals surface area contributed by atoms with Gasteiger partial charge in [-0.15, -0.1) is 0 Å². The smallest absolute Gasteiger partial charge is 0.268 e. The zero-order chi connectivity index (χ0) is 20.8. The number of nitrogens with one attached hydrogen (secondary N) is 1. The van der Waals surface area contributed by atoms with Crippen molar-refractivity contribution in [1.82, 2.24) is 19.5 Å². The summed E-state index contributed by atoms with van der Waals surface area (Å²) in [6, 6.07) is 3.21. The van der Waals surface area contributed by atoms with E-state index in [1.807, 2.05) is 0 Å². The fraction of sp³-hybridized carbons (Fsp3) is 0.375. The average Bonchev–Trinajstić information content (AvgIpc) is 3.25. The number of ether oxygens (including phenoxy) is 1. The molecular formula is C16H20N7O5P. The van der Waals surface area contributed by atoms with Crippen molar-refractivity contribution in [3.8, 4) is 0 Å². The summed E-state index contributed by atoms with van der Waals surface area (Å²) in [4.78, 5) is 24.8. The molecule has 3 aromatic rings. The molecule has 3 aromatic heterocycles. The minimum Gasteiger partial charge on any atom is -0.746 e. The van der Waals surface area contributed by atoms with Gasteiger partial charge >= 0.3 is 0 Å². The highest BCUT2D eigenvalue weighted by molar-refractivity contribution is 7.49. The van der Waals surface area contributed by atoms with Gasteiger partial charge < -0.3 is 30.9 Å². The normalized spacial score (nSPS) is 26.5. The van der Waals surface area contributed by atoms with E-state index >= 15 is 0 Å². The van der Waals surface area contributed by atoms with E-state index < -0.39 is 38.2 Å². The Labute approximate surface area is 165 Å². The molecule has 13 heteroatoms. The summed E-state index contributed by atoms with van der Waals surface area (Å²) in [7, 11) is -2.45. The molecule has 0 bridgehead atoms. The third kappa shape index (κ3) is 3.45. The Bertz CT molecular complexity index is 1080. The van der Waals surface area contributed by atoms with Crippen molar-refractivity contribution in [1.29, 1.82) is 0 Å². The molecule has 1 fully saturated rings. The summed E-state index contributed by atoms with van der Waals surface area (Å²) in [6.07, 6.45) is -0.146. The van der Waals surface area contributed by atoms with E-state index in [0.717, 1.165) is 10.0 Å². The van der Waals surface area contributed by atoms with Crippen molar-refractivity contribution in [2.45, 2.75) is 24.5 Å². The fourth-order valence-corrected chi connectivity index (χ4v) is 4.76. The minimum atomic E-state index is -4.18. The number of imidazole rings is 1. The Morgan fingerprint density at radius 3 is 2.72 bits per heavy atom. The molecule has 29 heavy (non-hydrogen) atoms. The van der Waals surface area contributed by atoms with Crippen LogP contribution in [-0.4, -0.2) is 61.3 Å². The van der Waals surface area contributed by atoms with Crippen LogP contribution in [0.3, 0.4) is 0 Å². The third-order valence-electron chi connectivity index (χ3n) is 4.86. The van der Waals surface area contributed by atoms with Crippen LogP contribution in [0, 0.1) is 0 Å². The molecule has 1 saturated heterocycles. The van der Waals surface area contributed by atoms with Gasteiger partial charge in [0.1, 0.15) is 30.2 Å². The first-order valence-corrected chi connectivity index (χ1v) is 10.5. The van der Waals surface area contributed by atoms with Gasteiger partial charge in [0.05, 0.1) is 12.5 Å². The molecule has 0 aliphatic carbocycles. The quantitative estimate of drug-likeness (QED) is 0.353. The molecule has 1 unspecified atom stereocenters. The first-order chi connectivity index (χ1) is 13.8. The highest BCUT2D eigenvalue weighted by Gasteiger charge is 2.46. The van der Waals surface area contributed by atoms with Crippen LogP contribution in [0.5, 0.6) is 0 Å². The maximum atomic E-state index is 12.7. The number of fused-ring (bicyclic) bond motifs is 1. The molecule has 12 nitrogen and oxygen atoms in total. The molecule has 0 saturated carbocycles. The fourth-order valence-electron chi connectivity index (χ4n) is 3.28.